The van der Waals surface area contributed by atoms with E-state index in [4.69, 9.17) is 17.3 Å². The third kappa shape index (κ3) is 3.44. The molecule has 6 heteroatoms. The number of benzene rings is 1. The number of carbonyl (C=O) groups is 1. The van der Waals surface area contributed by atoms with Crippen LogP contribution < -0.4 is 11.1 Å². The van der Waals surface area contributed by atoms with Crippen molar-refractivity contribution in [2.24, 2.45) is 0 Å². The standard InChI is InChI=1S/C11H15ClN2O2S/c1-3-14-11(15)7(2)17(16)10-5-4-8(13)6-9(10)12/h4-7H,3,13H2,1-2H3,(H,14,15). The van der Waals surface area contributed by atoms with Crippen molar-refractivity contribution in [1.82, 2.24) is 5.32 Å². The Bertz CT molecular complexity index is 451. The fourth-order valence-corrected chi connectivity index (χ4v) is 2.81. The Morgan fingerprint density at radius 1 is 1.59 bits per heavy atom. The highest BCUT2D eigenvalue weighted by Crippen LogP contribution is 2.24. The van der Waals surface area contributed by atoms with Crippen molar-refractivity contribution in [3.8, 4) is 0 Å². The van der Waals surface area contributed by atoms with Gasteiger partial charge in [0.2, 0.25) is 5.91 Å². The Morgan fingerprint density at radius 2 is 2.24 bits per heavy atom. The minimum atomic E-state index is -1.48. The molecule has 17 heavy (non-hydrogen) atoms. The van der Waals surface area contributed by atoms with Gasteiger partial charge in [-0.2, -0.15) is 0 Å². The summed E-state index contributed by atoms with van der Waals surface area (Å²) in [6.07, 6.45) is 0. The Hall–Kier alpha value is -1.07. The monoisotopic (exact) mass is 274 g/mol. The van der Waals surface area contributed by atoms with Gasteiger partial charge in [-0.1, -0.05) is 11.6 Å². The summed E-state index contributed by atoms with van der Waals surface area (Å²) in [5.41, 5.74) is 6.05. The fraction of sp³-hybridized carbons (Fsp3) is 0.364. The highest BCUT2D eigenvalue weighted by atomic mass is 35.5. The first-order chi connectivity index (χ1) is 7.97. The zero-order chi connectivity index (χ0) is 13.0. The summed E-state index contributed by atoms with van der Waals surface area (Å²) in [5.74, 6) is -0.251. The van der Waals surface area contributed by atoms with Crippen LogP contribution in [0.5, 0.6) is 0 Å². The fourth-order valence-electron chi connectivity index (χ4n) is 1.29. The van der Waals surface area contributed by atoms with Gasteiger partial charge in [0.05, 0.1) is 20.7 Å². The molecule has 0 bridgehead atoms. The molecule has 0 saturated heterocycles. The van der Waals surface area contributed by atoms with Gasteiger partial charge in [-0.05, 0) is 32.0 Å². The maximum absolute atomic E-state index is 12.1. The first kappa shape index (κ1) is 14.0. The summed E-state index contributed by atoms with van der Waals surface area (Å²) in [6.45, 7) is 3.92. The molecule has 0 aliphatic rings. The molecule has 1 aromatic rings. The second-order valence-corrected chi connectivity index (χ2v) is 5.67. The zero-order valence-corrected chi connectivity index (χ0v) is 11.3. The molecule has 0 saturated carbocycles. The van der Waals surface area contributed by atoms with Crippen molar-refractivity contribution in [1.29, 1.82) is 0 Å². The van der Waals surface area contributed by atoms with E-state index in [9.17, 15) is 9.00 Å². The van der Waals surface area contributed by atoms with Crippen molar-refractivity contribution >= 4 is 34.0 Å². The molecule has 0 fully saturated rings. The van der Waals surface area contributed by atoms with E-state index in [2.05, 4.69) is 5.32 Å². The van der Waals surface area contributed by atoms with Crippen LogP contribution in [-0.2, 0) is 15.6 Å². The third-order valence-corrected chi connectivity index (χ3v) is 4.28. The summed E-state index contributed by atoms with van der Waals surface area (Å²) < 4.78 is 12.1. The number of nitrogens with two attached hydrogens (primary N) is 1. The van der Waals surface area contributed by atoms with Gasteiger partial charge in [-0.3, -0.25) is 9.00 Å². The zero-order valence-electron chi connectivity index (χ0n) is 9.70. The average molecular weight is 275 g/mol. The number of carbonyl (C=O) groups excluding carboxylic acids is 1. The van der Waals surface area contributed by atoms with Crippen LogP contribution in [-0.4, -0.2) is 21.9 Å². The van der Waals surface area contributed by atoms with E-state index in [1.807, 2.05) is 6.92 Å². The molecule has 1 amide bonds. The lowest BCUT2D eigenvalue weighted by Crippen LogP contribution is -2.35. The number of hydrogen-bond acceptors (Lipinski definition) is 3. The summed E-state index contributed by atoms with van der Waals surface area (Å²) in [7, 11) is -1.48. The predicted molar refractivity (Wildman–Crippen MR) is 70.4 cm³/mol. The molecule has 94 valence electrons. The van der Waals surface area contributed by atoms with Crippen molar-refractivity contribution in [3.05, 3.63) is 23.2 Å². The highest BCUT2D eigenvalue weighted by molar-refractivity contribution is 7.86. The summed E-state index contributed by atoms with van der Waals surface area (Å²) in [4.78, 5) is 12.0. The summed E-state index contributed by atoms with van der Waals surface area (Å²) in [6, 6.07) is 4.73. The van der Waals surface area contributed by atoms with E-state index in [1.54, 1.807) is 19.1 Å². The van der Waals surface area contributed by atoms with Crippen LogP contribution in [0.3, 0.4) is 0 Å². The molecule has 0 aromatic heterocycles. The number of halogens is 1. The Morgan fingerprint density at radius 3 is 2.76 bits per heavy atom. The van der Waals surface area contributed by atoms with Gasteiger partial charge in [-0.25, -0.2) is 0 Å². The van der Waals surface area contributed by atoms with E-state index in [0.717, 1.165) is 0 Å². The van der Waals surface area contributed by atoms with Gasteiger partial charge in [0, 0.05) is 12.2 Å². The maximum atomic E-state index is 12.1. The normalized spacial score (nSPS) is 14.1. The van der Waals surface area contributed by atoms with Crippen molar-refractivity contribution in [2.45, 2.75) is 24.0 Å². The van der Waals surface area contributed by atoms with Crippen LogP contribution in [0.2, 0.25) is 5.02 Å². The number of rotatable bonds is 4. The lowest BCUT2D eigenvalue weighted by atomic mass is 10.3. The van der Waals surface area contributed by atoms with Gasteiger partial charge in [0.1, 0.15) is 5.25 Å². The number of nitrogens with one attached hydrogen (secondary N) is 1. The highest BCUT2D eigenvalue weighted by Gasteiger charge is 2.22. The second kappa shape index (κ2) is 6.02. The van der Waals surface area contributed by atoms with Gasteiger partial charge in [-0.15, -0.1) is 0 Å². The Labute approximate surface area is 108 Å². The topological polar surface area (TPSA) is 72.2 Å². The first-order valence-electron chi connectivity index (χ1n) is 5.20. The SMILES string of the molecule is CCNC(=O)C(C)S(=O)c1ccc(N)cc1Cl. The largest absolute Gasteiger partial charge is 0.399 e. The van der Waals surface area contributed by atoms with E-state index in [1.165, 1.54) is 6.07 Å². The minimum Gasteiger partial charge on any atom is -0.399 e. The quantitative estimate of drug-likeness (QED) is 0.819. The summed E-state index contributed by atoms with van der Waals surface area (Å²) in [5, 5.41) is 2.30. The van der Waals surface area contributed by atoms with Gasteiger partial charge >= 0.3 is 0 Å². The van der Waals surface area contributed by atoms with E-state index in [0.29, 0.717) is 22.2 Å². The first-order valence-corrected chi connectivity index (χ1v) is 6.79. The van der Waals surface area contributed by atoms with Crippen LogP contribution in [0.4, 0.5) is 5.69 Å². The van der Waals surface area contributed by atoms with Crippen molar-refractivity contribution in [2.75, 3.05) is 12.3 Å². The lowest BCUT2D eigenvalue weighted by molar-refractivity contribution is -0.120. The van der Waals surface area contributed by atoms with Gasteiger partial charge in [0.15, 0.2) is 0 Å². The van der Waals surface area contributed by atoms with E-state index < -0.39 is 16.0 Å². The van der Waals surface area contributed by atoms with Crippen molar-refractivity contribution in [3.63, 3.8) is 0 Å². The molecule has 1 aromatic carbocycles. The molecular formula is C11H15ClN2O2S. The molecule has 0 aliphatic carbocycles. The number of amides is 1. The number of nitrogen functional groups attached to an aromatic ring is 1. The molecule has 4 nitrogen and oxygen atoms in total. The molecule has 3 N–H and O–H groups in total. The van der Waals surface area contributed by atoms with E-state index >= 15 is 0 Å². The van der Waals surface area contributed by atoms with Crippen LogP contribution in [0.1, 0.15) is 13.8 Å². The lowest BCUT2D eigenvalue weighted by Gasteiger charge is -2.12. The van der Waals surface area contributed by atoms with Gasteiger partial charge < -0.3 is 11.1 Å². The number of hydrogen-bond donors (Lipinski definition) is 2. The second-order valence-electron chi connectivity index (χ2n) is 3.52. The van der Waals surface area contributed by atoms with Crippen LogP contribution in [0.25, 0.3) is 0 Å². The Balaban J connectivity index is 2.92. The number of anilines is 1. The maximum Gasteiger partial charge on any atom is 0.235 e. The van der Waals surface area contributed by atoms with Crippen molar-refractivity contribution < 1.29 is 9.00 Å². The smallest absolute Gasteiger partial charge is 0.235 e. The molecule has 0 spiro atoms. The molecule has 0 aliphatic heterocycles. The molecular weight excluding hydrogens is 260 g/mol. The third-order valence-electron chi connectivity index (χ3n) is 2.21. The van der Waals surface area contributed by atoms with Crippen LogP contribution in [0.15, 0.2) is 23.1 Å². The van der Waals surface area contributed by atoms with Crippen LogP contribution in [0, 0.1) is 0 Å². The molecule has 0 radical (unpaired) electrons. The molecule has 2 unspecified atom stereocenters. The van der Waals surface area contributed by atoms with Gasteiger partial charge in [0.25, 0.3) is 0 Å². The van der Waals surface area contributed by atoms with E-state index in [-0.39, 0.29) is 5.91 Å². The molecule has 0 heterocycles. The average Bonchev–Trinajstić information content (AvgIpc) is 2.27. The molecule has 1 rings (SSSR count). The molecule has 2 atom stereocenters. The minimum absolute atomic E-state index is 0.251. The Kier molecular flexibility index (Phi) is 4.96. The summed E-state index contributed by atoms with van der Waals surface area (Å²) >= 11 is 5.95. The van der Waals surface area contributed by atoms with Crippen LogP contribution >= 0.6 is 11.6 Å². The predicted octanol–water partition coefficient (Wildman–Crippen LogP) is 1.55.